The Morgan fingerprint density at radius 3 is 3.08 bits per heavy atom. The van der Waals surface area contributed by atoms with Crippen molar-refractivity contribution in [3.8, 4) is 6.07 Å². The third-order valence-electron chi connectivity index (χ3n) is 2.43. The van der Waals surface area contributed by atoms with Crippen molar-refractivity contribution in [2.75, 3.05) is 19.8 Å². The van der Waals surface area contributed by atoms with Gasteiger partial charge in [-0.05, 0) is 13.3 Å². The molecule has 1 rings (SSSR count). The van der Waals surface area contributed by atoms with E-state index in [1.54, 1.807) is 0 Å². The lowest BCUT2D eigenvalue weighted by atomic mass is 10.1. The Balaban J connectivity index is 2.53. The average Bonchev–Trinajstić information content (AvgIpc) is 2.16. The summed E-state index contributed by atoms with van der Waals surface area (Å²) in [4.78, 5) is 2.23. The molecule has 2 atom stereocenters. The van der Waals surface area contributed by atoms with E-state index in [1.165, 1.54) is 0 Å². The summed E-state index contributed by atoms with van der Waals surface area (Å²) in [6.45, 7) is 6.53. The first kappa shape index (κ1) is 9.50. The van der Waals surface area contributed by atoms with E-state index >= 15 is 0 Å². The Morgan fingerprint density at radius 2 is 2.50 bits per heavy atom. The molecule has 68 valence electrons. The van der Waals surface area contributed by atoms with E-state index in [4.69, 9.17) is 10.00 Å². The third kappa shape index (κ3) is 1.96. The summed E-state index contributed by atoms with van der Waals surface area (Å²) in [5.41, 5.74) is 0. The van der Waals surface area contributed by atoms with Gasteiger partial charge in [-0.15, -0.1) is 0 Å². The number of rotatable bonds is 2. The van der Waals surface area contributed by atoms with Crippen molar-refractivity contribution in [1.82, 2.24) is 4.90 Å². The van der Waals surface area contributed by atoms with Gasteiger partial charge in [-0.2, -0.15) is 5.26 Å². The van der Waals surface area contributed by atoms with Gasteiger partial charge in [-0.3, -0.25) is 4.90 Å². The molecule has 1 saturated heterocycles. The molecule has 0 aromatic rings. The normalized spacial score (nSPS) is 27.9. The minimum Gasteiger partial charge on any atom is -0.378 e. The van der Waals surface area contributed by atoms with Gasteiger partial charge in [-0.1, -0.05) is 6.92 Å². The van der Waals surface area contributed by atoms with Crippen LogP contribution >= 0.6 is 0 Å². The van der Waals surface area contributed by atoms with Crippen LogP contribution in [0.25, 0.3) is 0 Å². The number of hydrogen-bond acceptors (Lipinski definition) is 3. The molecule has 0 saturated carbocycles. The van der Waals surface area contributed by atoms with Crippen molar-refractivity contribution < 1.29 is 4.74 Å². The molecular weight excluding hydrogens is 152 g/mol. The Morgan fingerprint density at radius 1 is 1.75 bits per heavy atom. The van der Waals surface area contributed by atoms with Crippen LogP contribution in [-0.4, -0.2) is 36.7 Å². The number of morpholine rings is 1. The van der Waals surface area contributed by atoms with Crippen LogP contribution in [-0.2, 0) is 4.74 Å². The molecule has 3 nitrogen and oxygen atoms in total. The van der Waals surface area contributed by atoms with Gasteiger partial charge in [0.05, 0.1) is 25.3 Å². The summed E-state index contributed by atoms with van der Waals surface area (Å²) in [7, 11) is 0. The first-order chi connectivity index (χ1) is 5.79. The Hall–Kier alpha value is -0.590. The number of ether oxygens (including phenoxy) is 1. The predicted octanol–water partition coefficient (Wildman–Crippen LogP) is 1.01. The summed E-state index contributed by atoms with van der Waals surface area (Å²) in [6.07, 6.45) is 1.06. The molecule has 3 heteroatoms. The zero-order valence-corrected chi connectivity index (χ0v) is 7.79. The quantitative estimate of drug-likeness (QED) is 0.617. The lowest BCUT2D eigenvalue weighted by Gasteiger charge is -2.36. The highest BCUT2D eigenvalue weighted by Crippen LogP contribution is 2.13. The van der Waals surface area contributed by atoms with E-state index < -0.39 is 0 Å². The largest absolute Gasteiger partial charge is 0.378 e. The van der Waals surface area contributed by atoms with E-state index in [9.17, 15) is 0 Å². The number of nitriles is 1. The number of hydrogen-bond donors (Lipinski definition) is 0. The maximum absolute atomic E-state index is 8.77. The molecule has 12 heavy (non-hydrogen) atoms. The zero-order chi connectivity index (χ0) is 8.97. The lowest BCUT2D eigenvalue weighted by Crippen LogP contribution is -2.48. The highest BCUT2D eigenvalue weighted by molar-refractivity contribution is 4.91. The minimum absolute atomic E-state index is 0.0267. The minimum atomic E-state index is 0.0267. The Kier molecular flexibility index (Phi) is 3.51. The van der Waals surface area contributed by atoms with Crippen molar-refractivity contribution in [3.63, 3.8) is 0 Å². The van der Waals surface area contributed by atoms with Crippen molar-refractivity contribution in [2.45, 2.75) is 32.4 Å². The molecule has 0 bridgehead atoms. The van der Waals surface area contributed by atoms with E-state index in [1.807, 2.05) is 6.92 Å². The molecule has 1 heterocycles. The van der Waals surface area contributed by atoms with Crippen LogP contribution in [0.4, 0.5) is 0 Å². The van der Waals surface area contributed by atoms with E-state index in [2.05, 4.69) is 17.9 Å². The second-order valence-electron chi connectivity index (χ2n) is 3.18. The van der Waals surface area contributed by atoms with Crippen LogP contribution in [0.15, 0.2) is 0 Å². The molecule has 2 unspecified atom stereocenters. The molecule has 1 aliphatic heterocycles. The van der Waals surface area contributed by atoms with Crippen LogP contribution in [0.2, 0.25) is 0 Å². The fraction of sp³-hybridized carbons (Fsp3) is 0.889. The fourth-order valence-electron chi connectivity index (χ4n) is 1.60. The molecule has 1 fully saturated rings. The lowest BCUT2D eigenvalue weighted by molar-refractivity contribution is -0.0170. The zero-order valence-electron chi connectivity index (χ0n) is 7.79. The van der Waals surface area contributed by atoms with Gasteiger partial charge >= 0.3 is 0 Å². The van der Waals surface area contributed by atoms with Gasteiger partial charge in [0.1, 0.15) is 0 Å². The van der Waals surface area contributed by atoms with Gasteiger partial charge in [0.25, 0.3) is 0 Å². The molecule has 0 N–H and O–H groups in total. The van der Waals surface area contributed by atoms with Crippen LogP contribution in [0.3, 0.4) is 0 Å². The van der Waals surface area contributed by atoms with Gasteiger partial charge < -0.3 is 4.74 Å². The molecule has 0 amide bonds. The summed E-state index contributed by atoms with van der Waals surface area (Å²) in [6, 6.07) is 2.73. The smallest absolute Gasteiger partial charge is 0.0953 e. The maximum atomic E-state index is 8.77. The topological polar surface area (TPSA) is 36.3 Å². The first-order valence-electron chi connectivity index (χ1n) is 4.52. The van der Waals surface area contributed by atoms with E-state index in [-0.39, 0.29) is 6.04 Å². The molecule has 0 aromatic carbocycles. The van der Waals surface area contributed by atoms with Crippen molar-refractivity contribution >= 4 is 0 Å². The highest BCUT2D eigenvalue weighted by Gasteiger charge is 2.25. The van der Waals surface area contributed by atoms with E-state index in [0.29, 0.717) is 6.04 Å². The van der Waals surface area contributed by atoms with Crippen molar-refractivity contribution in [3.05, 3.63) is 0 Å². The number of nitrogens with zero attached hydrogens (tertiary/aromatic N) is 2. The van der Waals surface area contributed by atoms with Crippen molar-refractivity contribution in [2.24, 2.45) is 0 Å². The standard InChI is InChI=1S/C9H16N2O/c1-3-9-7-12-5-4-11(9)8(2)6-10/h8-9H,3-5,7H2,1-2H3. The van der Waals surface area contributed by atoms with Crippen LogP contribution in [0, 0.1) is 11.3 Å². The van der Waals surface area contributed by atoms with Crippen LogP contribution < -0.4 is 0 Å². The predicted molar refractivity (Wildman–Crippen MR) is 46.7 cm³/mol. The second-order valence-corrected chi connectivity index (χ2v) is 3.18. The average molecular weight is 168 g/mol. The van der Waals surface area contributed by atoms with Crippen molar-refractivity contribution in [1.29, 1.82) is 5.26 Å². The molecular formula is C9H16N2O. The summed E-state index contributed by atoms with van der Waals surface area (Å²) < 4.78 is 5.35. The Labute approximate surface area is 73.9 Å². The van der Waals surface area contributed by atoms with Crippen LogP contribution in [0.5, 0.6) is 0 Å². The molecule has 0 radical (unpaired) electrons. The van der Waals surface area contributed by atoms with E-state index in [0.717, 1.165) is 26.2 Å². The first-order valence-corrected chi connectivity index (χ1v) is 4.52. The third-order valence-corrected chi connectivity index (χ3v) is 2.43. The summed E-state index contributed by atoms with van der Waals surface area (Å²) in [5.74, 6) is 0. The van der Waals surface area contributed by atoms with Gasteiger partial charge in [0.15, 0.2) is 0 Å². The van der Waals surface area contributed by atoms with Gasteiger partial charge in [-0.25, -0.2) is 0 Å². The summed E-state index contributed by atoms with van der Waals surface area (Å²) >= 11 is 0. The molecule has 0 aromatic heterocycles. The maximum Gasteiger partial charge on any atom is 0.0953 e. The monoisotopic (exact) mass is 168 g/mol. The SMILES string of the molecule is CCC1COCCN1C(C)C#N. The second kappa shape index (κ2) is 4.44. The Bertz CT molecular complexity index is 176. The molecule has 1 aliphatic rings. The van der Waals surface area contributed by atoms with Crippen LogP contribution in [0.1, 0.15) is 20.3 Å². The fourth-order valence-corrected chi connectivity index (χ4v) is 1.60. The summed E-state index contributed by atoms with van der Waals surface area (Å²) in [5, 5.41) is 8.77. The molecule has 0 aliphatic carbocycles. The highest BCUT2D eigenvalue weighted by atomic mass is 16.5. The van der Waals surface area contributed by atoms with Gasteiger partial charge in [0.2, 0.25) is 0 Å². The molecule has 0 spiro atoms. The van der Waals surface area contributed by atoms with Gasteiger partial charge in [0, 0.05) is 12.6 Å².